The van der Waals surface area contributed by atoms with Crippen LogP contribution in [0, 0.1) is 11.3 Å². The second kappa shape index (κ2) is 6.87. The highest BCUT2D eigenvalue weighted by molar-refractivity contribution is 7.88. The SMILES string of the molecule is COc1cc(CS(=O)(=O)NCC(C)(C)CC(C)C)sn1. The zero-order valence-electron chi connectivity index (χ0n) is 12.8. The van der Waals surface area contributed by atoms with Crippen LogP contribution in [0.3, 0.4) is 0 Å². The Balaban J connectivity index is 2.57. The Kier molecular flexibility index (Phi) is 5.97. The molecule has 0 saturated carbocycles. The Morgan fingerprint density at radius 3 is 2.60 bits per heavy atom. The Hall–Kier alpha value is -0.660. The summed E-state index contributed by atoms with van der Waals surface area (Å²) in [5, 5.41) is 0. The quantitative estimate of drug-likeness (QED) is 0.799. The lowest BCUT2D eigenvalue weighted by atomic mass is 9.84. The molecule has 1 heterocycles. The first-order valence-electron chi connectivity index (χ1n) is 6.60. The summed E-state index contributed by atoms with van der Waals surface area (Å²) < 4.78 is 35.8. The first-order chi connectivity index (χ1) is 9.13. The van der Waals surface area contributed by atoms with E-state index >= 15 is 0 Å². The number of nitrogens with one attached hydrogen (secondary N) is 1. The Morgan fingerprint density at radius 2 is 2.10 bits per heavy atom. The van der Waals surface area contributed by atoms with E-state index < -0.39 is 10.0 Å². The second-order valence-electron chi connectivity index (χ2n) is 6.18. The topological polar surface area (TPSA) is 68.3 Å². The van der Waals surface area contributed by atoms with Gasteiger partial charge >= 0.3 is 0 Å². The molecule has 0 saturated heterocycles. The maximum Gasteiger partial charge on any atom is 0.225 e. The Labute approximate surface area is 126 Å². The van der Waals surface area contributed by atoms with Gasteiger partial charge in [0.1, 0.15) is 5.75 Å². The molecule has 5 nitrogen and oxygen atoms in total. The van der Waals surface area contributed by atoms with E-state index in [1.807, 2.05) is 0 Å². The predicted molar refractivity (Wildman–Crippen MR) is 82.5 cm³/mol. The van der Waals surface area contributed by atoms with Gasteiger partial charge in [-0.2, -0.15) is 4.37 Å². The molecule has 7 heteroatoms. The van der Waals surface area contributed by atoms with E-state index in [0.717, 1.165) is 18.0 Å². The third-order valence-corrected chi connectivity index (χ3v) is 5.04. The highest BCUT2D eigenvalue weighted by atomic mass is 32.2. The van der Waals surface area contributed by atoms with Crippen LogP contribution in [-0.4, -0.2) is 26.4 Å². The van der Waals surface area contributed by atoms with Crippen molar-refractivity contribution in [3.05, 3.63) is 10.9 Å². The van der Waals surface area contributed by atoms with Crippen molar-refractivity contribution in [3.63, 3.8) is 0 Å². The summed E-state index contributed by atoms with van der Waals surface area (Å²) in [5.41, 5.74) is -0.0490. The molecule has 20 heavy (non-hydrogen) atoms. The molecule has 0 aromatic carbocycles. The van der Waals surface area contributed by atoms with Gasteiger partial charge in [0, 0.05) is 17.5 Å². The molecule has 0 aliphatic carbocycles. The fraction of sp³-hybridized carbons (Fsp3) is 0.769. The Bertz CT molecular complexity index is 521. The number of sulfonamides is 1. The van der Waals surface area contributed by atoms with E-state index in [-0.39, 0.29) is 11.2 Å². The predicted octanol–water partition coefficient (Wildman–Crippen LogP) is 2.64. The monoisotopic (exact) mass is 320 g/mol. The van der Waals surface area contributed by atoms with Crippen LogP contribution in [-0.2, 0) is 15.8 Å². The van der Waals surface area contributed by atoms with E-state index in [2.05, 4.69) is 36.8 Å². The van der Waals surface area contributed by atoms with Gasteiger partial charge in [0.25, 0.3) is 0 Å². The molecule has 0 fully saturated rings. The van der Waals surface area contributed by atoms with Crippen molar-refractivity contribution in [2.24, 2.45) is 11.3 Å². The lowest BCUT2D eigenvalue weighted by Crippen LogP contribution is -2.35. The molecule has 0 radical (unpaired) electrons. The molecule has 1 aromatic rings. The van der Waals surface area contributed by atoms with E-state index in [1.165, 1.54) is 7.11 Å². The number of hydrogen-bond donors (Lipinski definition) is 1. The summed E-state index contributed by atoms with van der Waals surface area (Å²) in [7, 11) is -1.82. The molecule has 1 aromatic heterocycles. The van der Waals surface area contributed by atoms with E-state index in [4.69, 9.17) is 4.74 Å². The van der Waals surface area contributed by atoms with E-state index in [1.54, 1.807) is 6.07 Å². The van der Waals surface area contributed by atoms with Gasteiger partial charge in [-0.05, 0) is 29.3 Å². The number of nitrogens with zero attached hydrogens (tertiary/aromatic N) is 1. The van der Waals surface area contributed by atoms with Crippen LogP contribution in [0.1, 0.15) is 39.0 Å². The molecule has 0 atom stereocenters. The number of aromatic nitrogens is 1. The van der Waals surface area contributed by atoms with Gasteiger partial charge in [-0.1, -0.05) is 27.7 Å². The standard InChI is InChI=1S/C13H24N2O3S2/c1-10(2)7-13(3,4)9-14-20(16,17)8-11-6-12(18-5)15-19-11/h6,10,14H,7-9H2,1-5H3. The molecule has 0 spiro atoms. The van der Waals surface area contributed by atoms with Gasteiger partial charge in [0.05, 0.1) is 7.11 Å². The van der Waals surface area contributed by atoms with Crippen LogP contribution < -0.4 is 9.46 Å². The number of rotatable bonds is 8. The number of methoxy groups -OCH3 is 1. The zero-order valence-corrected chi connectivity index (χ0v) is 14.4. The first-order valence-corrected chi connectivity index (χ1v) is 9.03. The molecule has 0 aliphatic rings. The highest BCUT2D eigenvalue weighted by Crippen LogP contribution is 2.25. The van der Waals surface area contributed by atoms with Crippen molar-refractivity contribution in [3.8, 4) is 5.88 Å². The summed E-state index contributed by atoms with van der Waals surface area (Å²) in [6.45, 7) is 8.87. The van der Waals surface area contributed by atoms with E-state index in [9.17, 15) is 8.42 Å². The summed E-state index contributed by atoms with van der Waals surface area (Å²) >= 11 is 1.15. The van der Waals surface area contributed by atoms with Crippen molar-refractivity contribution in [1.82, 2.24) is 9.10 Å². The van der Waals surface area contributed by atoms with Crippen LogP contribution in [0.4, 0.5) is 0 Å². The van der Waals surface area contributed by atoms with Crippen molar-refractivity contribution in [1.29, 1.82) is 0 Å². The Morgan fingerprint density at radius 1 is 1.45 bits per heavy atom. The van der Waals surface area contributed by atoms with E-state index in [0.29, 0.717) is 23.2 Å². The normalized spacial score (nSPS) is 12.9. The van der Waals surface area contributed by atoms with Gasteiger partial charge in [0.15, 0.2) is 0 Å². The van der Waals surface area contributed by atoms with Crippen molar-refractivity contribution in [2.75, 3.05) is 13.7 Å². The average molecular weight is 320 g/mol. The zero-order chi connectivity index (χ0) is 15.4. The van der Waals surface area contributed by atoms with Crippen molar-refractivity contribution >= 4 is 21.6 Å². The van der Waals surface area contributed by atoms with Crippen LogP contribution in [0.25, 0.3) is 0 Å². The first kappa shape index (κ1) is 17.4. The molecule has 0 amide bonds. The van der Waals surface area contributed by atoms with Crippen LogP contribution in [0.2, 0.25) is 0 Å². The smallest absolute Gasteiger partial charge is 0.225 e. The van der Waals surface area contributed by atoms with Gasteiger partial charge in [0.2, 0.25) is 15.9 Å². The van der Waals surface area contributed by atoms with Gasteiger partial charge < -0.3 is 4.74 Å². The third kappa shape index (κ3) is 6.19. The fourth-order valence-electron chi connectivity index (χ4n) is 2.18. The molecule has 0 aliphatic heterocycles. The average Bonchev–Trinajstić information content (AvgIpc) is 2.72. The highest BCUT2D eigenvalue weighted by Gasteiger charge is 2.23. The fourth-order valence-corrected chi connectivity index (χ4v) is 4.51. The number of ether oxygens (including phenoxy) is 1. The summed E-state index contributed by atoms with van der Waals surface area (Å²) in [4.78, 5) is 0.677. The summed E-state index contributed by atoms with van der Waals surface area (Å²) in [5.74, 6) is 0.951. The maximum absolute atomic E-state index is 12.1. The second-order valence-corrected chi connectivity index (χ2v) is 8.87. The van der Waals surface area contributed by atoms with Crippen molar-refractivity contribution < 1.29 is 13.2 Å². The number of hydrogen-bond acceptors (Lipinski definition) is 5. The molecule has 0 bridgehead atoms. The van der Waals surface area contributed by atoms with Gasteiger partial charge in [-0.25, -0.2) is 13.1 Å². The maximum atomic E-state index is 12.1. The minimum atomic E-state index is -3.33. The van der Waals surface area contributed by atoms with Crippen LogP contribution in [0.5, 0.6) is 5.88 Å². The largest absolute Gasteiger partial charge is 0.480 e. The minimum absolute atomic E-state index is 0.0490. The molecule has 1 rings (SSSR count). The lowest BCUT2D eigenvalue weighted by Gasteiger charge is -2.26. The molecule has 1 N–H and O–H groups in total. The van der Waals surface area contributed by atoms with Crippen LogP contribution >= 0.6 is 11.5 Å². The van der Waals surface area contributed by atoms with Gasteiger partial charge in [-0.3, -0.25) is 0 Å². The third-order valence-electron chi connectivity index (χ3n) is 2.81. The minimum Gasteiger partial charge on any atom is -0.480 e. The molecular weight excluding hydrogens is 296 g/mol. The summed E-state index contributed by atoms with van der Waals surface area (Å²) in [6, 6.07) is 1.66. The van der Waals surface area contributed by atoms with Gasteiger partial charge in [-0.15, -0.1) is 0 Å². The van der Waals surface area contributed by atoms with Crippen molar-refractivity contribution in [2.45, 2.75) is 39.9 Å². The molecule has 0 unspecified atom stereocenters. The lowest BCUT2D eigenvalue weighted by molar-refractivity contribution is 0.288. The molecular formula is C13H24N2O3S2. The summed E-state index contributed by atoms with van der Waals surface area (Å²) in [6.07, 6.45) is 0.976. The molecule has 116 valence electrons. The van der Waals surface area contributed by atoms with Crippen LogP contribution in [0.15, 0.2) is 6.07 Å².